The molecule has 3 heteroatoms. The monoisotopic (exact) mass is 115 g/mol. The molecule has 1 unspecified atom stereocenters. The summed E-state index contributed by atoms with van der Waals surface area (Å²) in [5.41, 5.74) is 0. The average molecular weight is 115 g/mol. The van der Waals surface area contributed by atoms with E-state index in [2.05, 4.69) is 0 Å². The molecule has 0 fully saturated rings. The molecule has 3 nitrogen and oxygen atoms in total. The third-order valence-corrected chi connectivity index (χ3v) is 0.800. The van der Waals surface area contributed by atoms with Crippen LogP contribution in [0.5, 0.6) is 0 Å². The van der Waals surface area contributed by atoms with Crippen molar-refractivity contribution in [2.24, 2.45) is 0 Å². The van der Waals surface area contributed by atoms with Crippen LogP contribution >= 0.6 is 0 Å². The number of hydrogen-bond donors (Lipinski definition) is 2. The minimum atomic E-state index is -0.713. The summed E-state index contributed by atoms with van der Waals surface area (Å²) in [4.78, 5) is 0. The molecule has 0 saturated carbocycles. The minimum Gasteiger partial charge on any atom is -0.394 e. The Morgan fingerprint density at radius 1 is 1.62 bits per heavy atom. The summed E-state index contributed by atoms with van der Waals surface area (Å²) in [7, 11) is 0. The van der Waals surface area contributed by atoms with Crippen molar-refractivity contribution < 1.29 is 10.2 Å². The average Bonchev–Trinajstić information content (AvgIpc) is 1.83. The fourth-order valence-electron chi connectivity index (χ4n) is 0.322. The summed E-state index contributed by atoms with van der Waals surface area (Å²) in [6.07, 6.45) is -0.0380. The Labute approximate surface area is 48.2 Å². The highest BCUT2D eigenvalue weighted by molar-refractivity contribution is 4.70. The van der Waals surface area contributed by atoms with Gasteiger partial charge in [-0.2, -0.15) is 5.26 Å². The zero-order valence-corrected chi connectivity index (χ0v) is 4.54. The molecular formula is C5H9NO2. The second-order valence-corrected chi connectivity index (χ2v) is 1.53. The first kappa shape index (κ1) is 7.41. The van der Waals surface area contributed by atoms with E-state index >= 15 is 0 Å². The van der Waals surface area contributed by atoms with Crippen LogP contribution in [0.3, 0.4) is 0 Å². The molecule has 0 saturated heterocycles. The Morgan fingerprint density at radius 2 is 2.25 bits per heavy atom. The Kier molecular flexibility index (Phi) is 4.23. The van der Waals surface area contributed by atoms with Gasteiger partial charge in [-0.15, -0.1) is 0 Å². The van der Waals surface area contributed by atoms with E-state index in [9.17, 15) is 0 Å². The van der Waals surface area contributed by atoms with Crippen molar-refractivity contribution in [1.82, 2.24) is 0 Å². The van der Waals surface area contributed by atoms with Gasteiger partial charge in [-0.05, 0) is 6.42 Å². The smallest absolute Gasteiger partial charge is 0.0780 e. The van der Waals surface area contributed by atoms with Crippen LogP contribution in [-0.2, 0) is 0 Å². The van der Waals surface area contributed by atoms with Crippen LogP contribution in [-0.4, -0.2) is 22.9 Å². The van der Waals surface area contributed by atoms with Crippen LogP contribution < -0.4 is 0 Å². The number of aliphatic hydroxyl groups excluding tert-OH is 2. The SMILES string of the molecule is N#CCCC(O)CO. The zero-order chi connectivity index (χ0) is 6.41. The quantitative estimate of drug-likeness (QED) is 0.528. The molecule has 0 aromatic carbocycles. The maximum atomic E-state index is 8.59. The van der Waals surface area contributed by atoms with Crippen LogP contribution in [0.1, 0.15) is 12.8 Å². The fraction of sp³-hybridized carbons (Fsp3) is 0.800. The van der Waals surface area contributed by atoms with E-state index in [0.29, 0.717) is 12.8 Å². The molecule has 0 bridgehead atoms. The van der Waals surface area contributed by atoms with E-state index in [0.717, 1.165) is 0 Å². The van der Waals surface area contributed by atoms with Gasteiger partial charge in [0.25, 0.3) is 0 Å². The molecule has 0 aliphatic carbocycles. The van der Waals surface area contributed by atoms with Gasteiger partial charge in [-0.1, -0.05) is 0 Å². The normalized spacial score (nSPS) is 12.6. The maximum absolute atomic E-state index is 8.59. The predicted octanol–water partition coefficient (Wildman–Crippen LogP) is -0.357. The number of hydrogen-bond acceptors (Lipinski definition) is 3. The number of nitriles is 1. The molecule has 8 heavy (non-hydrogen) atoms. The number of nitrogens with zero attached hydrogens (tertiary/aromatic N) is 1. The van der Waals surface area contributed by atoms with E-state index < -0.39 is 6.10 Å². The predicted molar refractivity (Wildman–Crippen MR) is 27.9 cm³/mol. The van der Waals surface area contributed by atoms with E-state index in [4.69, 9.17) is 15.5 Å². The van der Waals surface area contributed by atoms with Gasteiger partial charge in [0.2, 0.25) is 0 Å². The van der Waals surface area contributed by atoms with Gasteiger partial charge in [0.05, 0.1) is 18.8 Å². The molecule has 46 valence electrons. The Morgan fingerprint density at radius 3 is 2.62 bits per heavy atom. The summed E-state index contributed by atoms with van der Waals surface area (Å²) in [5.74, 6) is 0. The van der Waals surface area contributed by atoms with Gasteiger partial charge >= 0.3 is 0 Å². The summed E-state index contributed by atoms with van der Waals surface area (Å²) in [6, 6.07) is 1.86. The minimum absolute atomic E-state index is 0.248. The van der Waals surface area contributed by atoms with Crippen LogP contribution in [0.15, 0.2) is 0 Å². The first-order valence-electron chi connectivity index (χ1n) is 2.47. The van der Waals surface area contributed by atoms with Crippen molar-refractivity contribution in [3.05, 3.63) is 0 Å². The topological polar surface area (TPSA) is 64.2 Å². The van der Waals surface area contributed by atoms with E-state index in [1.807, 2.05) is 6.07 Å². The van der Waals surface area contributed by atoms with Crippen LogP contribution in [0, 0.1) is 11.3 Å². The molecule has 0 spiro atoms. The molecule has 0 aliphatic rings. The third kappa shape index (κ3) is 3.59. The van der Waals surface area contributed by atoms with E-state index in [1.54, 1.807) is 0 Å². The van der Waals surface area contributed by atoms with E-state index in [1.165, 1.54) is 0 Å². The van der Waals surface area contributed by atoms with Gasteiger partial charge in [-0.3, -0.25) is 0 Å². The summed E-state index contributed by atoms with van der Waals surface area (Å²) in [5, 5.41) is 24.8. The van der Waals surface area contributed by atoms with Gasteiger partial charge < -0.3 is 10.2 Å². The number of aliphatic hydroxyl groups is 2. The standard InChI is InChI=1S/C5H9NO2/c6-3-1-2-5(8)4-7/h5,7-8H,1-2,4H2. The highest BCUT2D eigenvalue weighted by Crippen LogP contribution is 1.92. The lowest BCUT2D eigenvalue weighted by Gasteiger charge is -2.00. The molecule has 0 aromatic heterocycles. The van der Waals surface area contributed by atoms with E-state index in [-0.39, 0.29) is 6.61 Å². The summed E-state index contributed by atoms with van der Waals surface area (Å²) < 4.78 is 0. The molecule has 0 heterocycles. The maximum Gasteiger partial charge on any atom is 0.0780 e. The Balaban J connectivity index is 3.01. The lowest BCUT2D eigenvalue weighted by molar-refractivity contribution is 0.0895. The zero-order valence-electron chi connectivity index (χ0n) is 4.54. The molecule has 0 aliphatic heterocycles. The van der Waals surface area contributed by atoms with Gasteiger partial charge in [0.15, 0.2) is 0 Å². The first-order chi connectivity index (χ1) is 3.81. The van der Waals surface area contributed by atoms with Crippen molar-refractivity contribution in [3.8, 4) is 6.07 Å². The van der Waals surface area contributed by atoms with Crippen LogP contribution in [0.2, 0.25) is 0 Å². The molecule has 2 N–H and O–H groups in total. The lowest BCUT2D eigenvalue weighted by Crippen LogP contribution is -2.10. The second-order valence-electron chi connectivity index (χ2n) is 1.53. The number of rotatable bonds is 3. The summed E-state index contributed by atoms with van der Waals surface area (Å²) >= 11 is 0. The third-order valence-electron chi connectivity index (χ3n) is 0.800. The van der Waals surface area contributed by atoms with Crippen molar-refractivity contribution in [3.63, 3.8) is 0 Å². The lowest BCUT2D eigenvalue weighted by atomic mass is 10.2. The van der Waals surface area contributed by atoms with Crippen molar-refractivity contribution in [2.75, 3.05) is 6.61 Å². The largest absolute Gasteiger partial charge is 0.394 e. The van der Waals surface area contributed by atoms with Crippen LogP contribution in [0.25, 0.3) is 0 Å². The molecule has 0 rings (SSSR count). The van der Waals surface area contributed by atoms with Crippen molar-refractivity contribution in [1.29, 1.82) is 5.26 Å². The van der Waals surface area contributed by atoms with Crippen molar-refractivity contribution >= 4 is 0 Å². The molecule has 0 amide bonds. The molecule has 0 aromatic rings. The van der Waals surface area contributed by atoms with Gasteiger partial charge in [0, 0.05) is 6.42 Å². The Hall–Kier alpha value is -0.590. The van der Waals surface area contributed by atoms with Gasteiger partial charge in [0.1, 0.15) is 0 Å². The summed E-state index contributed by atoms with van der Waals surface area (Å²) in [6.45, 7) is -0.248. The highest BCUT2D eigenvalue weighted by Gasteiger charge is 1.98. The fourth-order valence-corrected chi connectivity index (χ4v) is 0.322. The highest BCUT2D eigenvalue weighted by atomic mass is 16.3. The molecule has 0 radical (unpaired) electrons. The molecule has 1 atom stereocenters. The van der Waals surface area contributed by atoms with Crippen LogP contribution in [0.4, 0.5) is 0 Å². The Bertz CT molecular complexity index is 86.9. The van der Waals surface area contributed by atoms with Gasteiger partial charge in [-0.25, -0.2) is 0 Å². The first-order valence-corrected chi connectivity index (χ1v) is 2.47. The van der Waals surface area contributed by atoms with Crippen molar-refractivity contribution in [2.45, 2.75) is 18.9 Å². The second kappa shape index (κ2) is 4.57. The molecular weight excluding hydrogens is 106 g/mol.